The van der Waals surface area contributed by atoms with Gasteiger partial charge < -0.3 is 5.32 Å². The molecule has 1 atom stereocenters. The fourth-order valence-corrected chi connectivity index (χ4v) is 1.62. The summed E-state index contributed by atoms with van der Waals surface area (Å²) >= 11 is 0. The molecule has 0 amide bonds. The van der Waals surface area contributed by atoms with Crippen LogP contribution in [-0.2, 0) is 6.54 Å². The maximum atomic E-state index is 11.5. The molecule has 0 aromatic carbocycles. The molecule has 0 aliphatic carbocycles. The average molecular weight is 223 g/mol. The highest BCUT2D eigenvalue weighted by molar-refractivity contribution is 4.99. The molecule has 1 heterocycles. The van der Waals surface area contributed by atoms with Gasteiger partial charge in [-0.25, -0.2) is 9.78 Å². The quantitative estimate of drug-likeness (QED) is 0.791. The molecule has 0 saturated heterocycles. The molecule has 4 heteroatoms. The Morgan fingerprint density at radius 2 is 2.25 bits per heavy atom. The Labute approximate surface area is 96.7 Å². The molecule has 1 unspecified atom stereocenters. The van der Waals surface area contributed by atoms with Gasteiger partial charge >= 0.3 is 5.69 Å². The molecule has 0 bridgehead atoms. The van der Waals surface area contributed by atoms with Gasteiger partial charge in [0.1, 0.15) is 0 Å². The number of nitrogens with one attached hydrogen (secondary N) is 1. The molecule has 0 saturated carbocycles. The zero-order valence-corrected chi connectivity index (χ0v) is 10.4. The van der Waals surface area contributed by atoms with E-state index in [2.05, 4.69) is 24.1 Å². The lowest BCUT2D eigenvalue weighted by molar-refractivity contribution is 0.427. The minimum atomic E-state index is -0.164. The van der Waals surface area contributed by atoms with E-state index in [0.717, 1.165) is 24.9 Å². The van der Waals surface area contributed by atoms with Crippen LogP contribution in [0, 0.1) is 6.92 Å². The van der Waals surface area contributed by atoms with Crippen LogP contribution in [0.5, 0.6) is 0 Å². The summed E-state index contributed by atoms with van der Waals surface area (Å²) < 4.78 is 1.69. The van der Waals surface area contributed by atoms with Crippen molar-refractivity contribution in [3.8, 4) is 0 Å². The van der Waals surface area contributed by atoms with Crippen LogP contribution >= 0.6 is 0 Å². The first-order valence-electron chi connectivity index (χ1n) is 5.93. The van der Waals surface area contributed by atoms with Crippen LogP contribution in [0.2, 0.25) is 0 Å². The van der Waals surface area contributed by atoms with Crippen molar-refractivity contribution < 1.29 is 0 Å². The third-order valence-electron chi connectivity index (χ3n) is 2.58. The minimum Gasteiger partial charge on any atom is -0.312 e. The minimum absolute atomic E-state index is 0.164. The topological polar surface area (TPSA) is 46.9 Å². The fraction of sp³-hybridized carbons (Fsp3) is 0.667. The van der Waals surface area contributed by atoms with Crippen molar-refractivity contribution in [2.24, 2.45) is 0 Å². The number of rotatable bonds is 6. The first kappa shape index (κ1) is 12.9. The van der Waals surface area contributed by atoms with Gasteiger partial charge in [0.2, 0.25) is 0 Å². The highest BCUT2D eigenvalue weighted by atomic mass is 16.1. The van der Waals surface area contributed by atoms with Gasteiger partial charge in [-0.15, -0.1) is 0 Å². The summed E-state index contributed by atoms with van der Waals surface area (Å²) in [5.41, 5.74) is 0.854. The predicted octanol–water partition coefficient (Wildman–Crippen LogP) is 1.33. The molecule has 16 heavy (non-hydrogen) atoms. The molecule has 0 fully saturated rings. The summed E-state index contributed by atoms with van der Waals surface area (Å²) in [6.45, 7) is 7.90. The second-order valence-corrected chi connectivity index (χ2v) is 4.13. The average Bonchev–Trinajstić information content (AvgIpc) is 2.28. The van der Waals surface area contributed by atoms with Crippen molar-refractivity contribution in [2.75, 3.05) is 6.54 Å². The molecule has 0 aliphatic heterocycles. The zero-order chi connectivity index (χ0) is 12.0. The third-order valence-corrected chi connectivity index (χ3v) is 2.58. The number of aromatic nitrogens is 2. The molecule has 0 radical (unpaired) electrons. The summed E-state index contributed by atoms with van der Waals surface area (Å²) in [4.78, 5) is 15.3. The van der Waals surface area contributed by atoms with Crippen LogP contribution < -0.4 is 11.0 Å². The monoisotopic (exact) mass is 223 g/mol. The van der Waals surface area contributed by atoms with E-state index in [9.17, 15) is 4.79 Å². The fourth-order valence-electron chi connectivity index (χ4n) is 1.62. The summed E-state index contributed by atoms with van der Waals surface area (Å²) in [6.07, 6.45) is 5.60. The summed E-state index contributed by atoms with van der Waals surface area (Å²) in [7, 11) is 0. The lowest BCUT2D eigenvalue weighted by Gasteiger charge is -2.17. The van der Waals surface area contributed by atoms with Gasteiger partial charge in [-0.2, -0.15) is 0 Å². The Balaban J connectivity index is 2.69. The van der Waals surface area contributed by atoms with E-state index in [-0.39, 0.29) is 5.69 Å². The van der Waals surface area contributed by atoms with E-state index in [4.69, 9.17) is 0 Å². The highest BCUT2D eigenvalue weighted by Gasteiger charge is 2.07. The van der Waals surface area contributed by atoms with Gasteiger partial charge in [-0.3, -0.25) is 4.57 Å². The molecule has 4 nitrogen and oxygen atoms in total. The number of aryl methyl sites for hydroxylation is 1. The maximum Gasteiger partial charge on any atom is 0.347 e. The number of hydrogen-bond donors (Lipinski definition) is 1. The first-order valence-corrected chi connectivity index (χ1v) is 5.93. The van der Waals surface area contributed by atoms with Crippen molar-refractivity contribution in [1.29, 1.82) is 0 Å². The molecule has 0 spiro atoms. The van der Waals surface area contributed by atoms with Crippen molar-refractivity contribution in [2.45, 2.75) is 46.2 Å². The molecular weight excluding hydrogens is 202 g/mol. The molecule has 1 aromatic heterocycles. The number of nitrogens with zero attached hydrogens (tertiary/aromatic N) is 2. The lowest BCUT2D eigenvalue weighted by Crippen LogP contribution is -2.37. The van der Waals surface area contributed by atoms with Gasteiger partial charge in [0.25, 0.3) is 0 Å². The Morgan fingerprint density at radius 3 is 2.88 bits per heavy atom. The summed E-state index contributed by atoms with van der Waals surface area (Å²) in [6, 6.07) is 0.348. The van der Waals surface area contributed by atoms with Crippen LogP contribution in [0.4, 0.5) is 0 Å². The van der Waals surface area contributed by atoms with E-state index in [1.807, 2.05) is 13.1 Å². The van der Waals surface area contributed by atoms with Crippen LogP contribution in [-0.4, -0.2) is 22.1 Å². The number of hydrogen-bond acceptors (Lipinski definition) is 3. The van der Waals surface area contributed by atoms with Crippen LogP contribution in [0.1, 0.15) is 32.3 Å². The van der Waals surface area contributed by atoms with Gasteiger partial charge in [-0.05, 0) is 31.9 Å². The SMILES string of the molecule is CCCNC(CC)Cn1cc(C)cnc1=O. The Hall–Kier alpha value is -1.16. The molecule has 90 valence electrons. The van der Waals surface area contributed by atoms with E-state index < -0.39 is 0 Å². The van der Waals surface area contributed by atoms with E-state index in [1.165, 1.54) is 0 Å². The smallest absolute Gasteiger partial charge is 0.312 e. The van der Waals surface area contributed by atoms with E-state index >= 15 is 0 Å². The molecular formula is C12H21N3O. The summed E-state index contributed by atoms with van der Waals surface area (Å²) in [5, 5.41) is 3.43. The van der Waals surface area contributed by atoms with Crippen molar-refractivity contribution >= 4 is 0 Å². The summed E-state index contributed by atoms with van der Waals surface area (Å²) in [5.74, 6) is 0. The highest BCUT2D eigenvalue weighted by Crippen LogP contribution is 1.97. The largest absolute Gasteiger partial charge is 0.347 e. The van der Waals surface area contributed by atoms with Crippen molar-refractivity contribution in [3.05, 3.63) is 28.4 Å². The maximum absolute atomic E-state index is 11.5. The Morgan fingerprint density at radius 1 is 1.50 bits per heavy atom. The Bertz CT molecular complexity index is 373. The van der Waals surface area contributed by atoms with Gasteiger partial charge in [-0.1, -0.05) is 13.8 Å². The molecule has 1 rings (SSSR count). The zero-order valence-electron chi connectivity index (χ0n) is 10.4. The standard InChI is InChI=1S/C12H21N3O/c1-4-6-13-11(5-2)9-15-8-10(3)7-14-12(15)16/h7-8,11,13H,4-6,9H2,1-3H3. The van der Waals surface area contributed by atoms with E-state index in [1.54, 1.807) is 10.8 Å². The van der Waals surface area contributed by atoms with Crippen LogP contribution in [0.25, 0.3) is 0 Å². The predicted molar refractivity (Wildman–Crippen MR) is 65.6 cm³/mol. The van der Waals surface area contributed by atoms with Crippen LogP contribution in [0.3, 0.4) is 0 Å². The second kappa shape index (κ2) is 6.43. The molecule has 1 aromatic rings. The third kappa shape index (κ3) is 3.77. The molecule has 0 aliphatic rings. The van der Waals surface area contributed by atoms with Crippen LogP contribution in [0.15, 0.2) is 17.2 Å². The first-order chi connectivity index (χ1) is 7.67. The van der Waals surface area contributed by atoms with Gasteiger partial charge in [0.15, 0.2) is 0 Å². The second-order valence-electron chi connectivity index (χ2n) is 4.13. The lowest BCUT2D eigenvalue weighted by atomic mass is 10.2. The molecule has 1 N–H and O–H groups in total. The van der Waals surface area contributed by atoms with E-state index in [0.29, 0.717) is 12.6 Å². The van der Waals surface area contributed by atoms with Gasteiger partial charge in [0, 0.05) is 25.0 Å². The Kier molecular flexibility index (Phi) is 5.19. The van der Waals surface area contributed by atoms with Crippen molar-refractivity contribution in [1.82, 2.24) is 14.9 Å². The normalized spacial score (nSPS) is 12.7. The van der Waals surface area contributed by atoms with Gasteiger partial charge in [0.05, 0.1) is 0 Å². The van der Waals surface area contributed by atoms with Crippen molar-refractivity contribution in [3.63, 3.8) is 0 Å².